The van der Waals surface area contributed by atoms with Gasteiger partial charge in [0.1, 0.15) is 18.3 Å². The summed E-state index contributed by atoms with van der Waals surface area (Å²) >= 11 is 0. The third-order valence-electron chi connectivity index (χ3n) is 5.83. The van der Waals surface area contributed by atoms with Crippen LogP contribution in [0, 0.1) is 0 Å². The number of nitrogens with one attached hydrogen (secondary N) is 1. The van der Waals surface area contributed by atoms with E-state index in [4.69, 9.17) is 15.2 Å². The second-order valence-corrected chi connectivity index (χ2v) is 9.56. The Balaban J connectivity index is 1.87. The van der Waals surface area contributed by atoms with Gasteiger partial charge in [-0.1, -0.05) is 43.7 Å². The Morgan fingerprint density at radius 3 is 2.74 bits per heavy atom. The molecule has 0 aliphatic carbocycles. The lowest BCUT2D eigenvalue weighted by Crippen LogP contribution is -2.49. The number of H-pyrrole nitrogens is 1. The van der Waals surface area contributed by atoms with E-state index in [0.717, 1.165) is 12.0 Å². The molecule has 6 N–H and O–H groups in total. The van der Waals surface area contributed by atoms with Gasteiger partial charge in [0, 0.05) is 13.0 Å². The van der Waals surface area contributed by atoms with E-state index in [2.05, 4.69) is 19.5 Å². The van der Waals surface area contributed by atoms with Crippen LogP contribution in [0.15, 0.2) is 41.5 Å². The van der Waals surface area contributed by atoms with Crippen molar-refractivity contribution in [3.8, 4) is 0 Å². The predicted molar refractivity (Wildman–Crippen MR) is 124 cm³/mol. The van der Waals surface area contributed by atoms with Crippen LogP contribution in [-0.2, 0) is 30.7 Å². The molecule has 3 heterocycles. The number of ether oxygens (including phenoxy) is 2. The first-order valence-corrected chi connectivity index (χ1v) is 12.6. The highest BCUT2D eigenvalue weighted by Crippen LogP contribution is 2.44. The number of nitrogens with zero attached hydrogens (tertiary/aromatic N) is 3. The number of aromatic amines is 1. The van der Waals surface area contributed by atoms with E-state index < -0.39 is 44.0 Å². The lowest BCUT2D eigenvalue weighted by Gasteiger charge is -2.36. The number of nitrogen functional groups attached to an aromatic ring is 1. The fourth-order valence-electron chi connectivity index (χ4n) is 4.26. The molecule has 3 aromatic rings. The zero-order valence-electron chi connectivity index (χ0n) is 19.0. The predicted octanol–water partition coefficient (Wildman–Crippen LogP) is 0.652. The third-order valence-corrected chi connectivity index (χ3v) is 6.31. The van der Waals surface area contributed by atoms with Gasteiger partial charge in [-0.2, -0.15) is 4.98 Å². The third kappa shape index (κ3) is 5.31. The number of benzene rings is 1. The maximum atomic E-state index is 12.4. The smallest absolute Gasteiger partial charge is 0.387 e. The molecule has 2 aromatic heterocycles. The molecule has 0 bridgehead atoms. The van der Waals surface area contributed by atoms with Gasteiger partial charge >= 0.3 is 7.82 Å². The summed E-state index contributed by atoms with van der Waals surface area (Å²) in [6.45, 7) is 1.67. The van der Waals surface area contributed by atoms with Gasteiger partial charge in [0.05, 0.1) is 12.9 Å². The second-order valence-electron chi connectivity index (χ2n) is 8.32. The van der Waals surface area contributed by atoms with Gasteiger partial charge in [-0.3, -0.25) is 18.9 Å². The molecule has 1 aromatic carbocycles. The topological polar surface area (TPSA) is 195 Å². The SMILES string of the molecule is CCCCO[C@@H]1[C@H](O)[C@@H](COP(=O)(O)O)O[C@@]1(Cc1ccccc1)n1cnc2c(=O)[nH]c(N)nc21. The van der Waals surface area contributed by atoms with E-state index in [1.807, 2.05) is 37.3 Å². The Bertz CT molecular complexity index is 1260. The number of rotatable bonds is 10. The number of aromatic nitrogens is 4. The number of nitrogens with two attached hydrogens (primary N) is 1. The van der Waals surface area contributed by atoms with Gasteiger partial charge in [0.15, 0.2) is 16.9 Å². The van der Waals surface area contributed by atoms with E-state index >= 15 is 0 Å². The number of fused-ring (bicyclic) bond motifs is 1. The number of phosphoric acid groups is 1. The number of aliphatic hydroxyl groups excluding tert-OH is 1. The normalized spacial score (nSPS) is 24.9. The molecule has 4 rings (SSSR count). The van der Waals surface area contributed by atoms with Crippen molar-refractivity contribution in [2.24, 2.45) is 0 Å². The second kappa shape index (κ2) is 10.2. The Kier molecular flexibility index (Phi) is 7.38. The number of hydrogen-bond acceptors (Lipinski definition) is 9. The summed E-state index contributed by atoms with van der Waals surface area (Å²) < 4.78 is 29.9. The highest BCUT2D eigenvalue weighted by atomic mass is 31.2. The number of unbranched alkanes of at least 4 members (excludes halogenated alkanes) is 1. The zero-order chi connectivity index (χ0) is 25.2. The van der Waals surface area contributed by atoms with Gasteiger partial charge in [0.25, 0.3) is 5.56 Å². The minimum Gasteiger partial charge on any atom is -0.387 e. The average molecular weight is 509 g/mol. The minimum absolute atomic E-state index is 0.00644. The maximum absolute atomic E-state index is 12.4. The number of aliphatic hydroxyl groups is 1. The van der Waals surface area contributed by atoms with Gasteiger partial charge in [-0.15, -0.1) is 0 Å². The van der Waals surface area contributed by atoms with Crippen molar-refractivity contribution in [3.63, 3.8) is 0 Å². The first kappa shape index (κ1) is 25.5. The molecule has 0 spiro atoms. The van der Waals surface area contributed by atoms with Crippen LogP contribution < -0.4 is 11.3 Å². The van der Waals surface area contributed by atoms with Crippen molar-refractivity contribution in [1.82, 2.24) is 19.5 Å². The van der Waals surface area contributed by atoms with Crippen LogP contribution >= 0.6 is 7.82 Å². The van der Waals surface area contributed by atoms with Crippen molar-refractivity contribution < 1.29 is 33.5 Å². The summed E-state index contributed by atoms with van der Waals surface area (Å²) in [5, 5.41) is 11.2. The fraction of sp³-hybridized carbons (Fsp3) is 0.476. The number of hydrogen-bond donors (Lipinski definition) is 5. The molecular weight excluding hydrogens is 481 g/mol. The van der Waals surface area contributed by atoms with E-state index in [9.17, 15) is 24.3 Å². The van der Waals surface area contributed by atoms with Gasteiger partial charge in [-0.25, -0.2) is 9.55 Å². The molecule has 4 atom stereocenters. The van der Waals surface area contributed by atoms with Crippen molar-refractivity contribution in [1.29, 1.82) is 0 Å². The molecule has 1 aliphatic rings. The quantitative estimate of drug-likeness (QED) is 0.190. The van der Waals surface area contributed by atoms with E-state index in [0.29, 0.717) is 6.42 Å². The van der Waals surface area contributed by atoms with Crippen LogP contribution in [0.25, 0.3) is 11.2 Å². The van der Waals surface area contributed by atoms with E-state index in [1.54, 1.807) is 0 Å². The van der Waals surface area contributed by atoms with Crippen molar-refractivity contribution in [3.05, 3.63) is 52.6 Å². The van der Waals surface area contributed by atoms with Gasteiger partial charge < -0.3 is 30.1 Å². The van der Waals surface area contributed by atoms with E-state index in [-0.39, 0.29) is 30.1 Å². The Morgan fingerprint density at radius 1 is 1.31 bits per heavy atom. The van der Waals surface area contributed by atoms with Crippen LogP contribution in [-0.4, -0.2) is 65.9 Å². The molecule has 1 saturated heterocycles. The molecule has 0 radical (unpaired) electrons. The van der Waals surface area contributed by atoms with Crippen LogP contribution in [0.3, 0.4) is 0 Å². The van der Waals surface area contributed by atoms with Crippen LogP contribution in [0.5, 0.6) is 0 Å². The average Bonchev–Trinajstić information content (AvgIpc) is 3.33. The molecule has 14 heteroatoms. The number of anilines is 1. The summed E-state index contributed by atoms with van der Waals surface area (Å²) in [5.41, 5.74) is 4.66. The highest BCUT2D eigenvalue weighted by molar-refractivity contribution is 7.46. The van der Waals surface area contributed by atoms with Crippen LogP contribution in [0.2, 0.25) is 0 Å². The first-order chi connectivity index (χ1) is 16.6. The Hall–Kier alpha value is -2.64. The number of imidazole rings is 1. The molecular formula is C21H28N5O8P. The zero-order valence-corrected chi connectivity index (χ0v) is 19.9. The molecule has 0 amide bonds. The Labute approximate surface area is 200 Å². The lowest BCUT2D eigenvalue weighted by molar-refractivity contribution is -0.160. The van der Waals surface area contributed by atoms with Crippen LogP contribution in [0.4, 0.5) is 5.95 Å². The largest absolute Gasteiger partial charge is 0.469 e. The van der Waals surface area contributed by atoms with Crippen molar-refractivity contribution >= 4 is 24.9 Å². The van der Waals surface area contributed by atoms with Gasteiger partial charge in [0.2, 0.25) is 5.95 Å². The Morgan fingerprint density at radius 2 is 2.06 bits per heavy atom. The lowest BCUT2D eigenvalue weighted by atomic mass is 9.94. The summed E-state index contributed by atoms with van der Waals surface area (Å²) in [7, 11) is -4.84. The standard InChI is InChI=1S/C21H28N5O8P/c1-2-3-9-32-17-16(27)14(11-33-35(29,30)31)34-21(17,10-13-7-5-4-6-8-13)26-12-23-15-18(26)24-20(22)25-19(15)28/h4-8,12,14,16-17,27H,2-3,9-11H2,1H3,(H2,29,30,31)(H3,22,24,25,28)/t14-,16-,17-,21-/m1/s1. The van der Waals surface area contributed by atoms with Crippen molar-refractivity contribution in [2.75, 3.05) is 18.9 Å². The molecule has 13 nitrogen and oxygen atoms in total. The first-order valence-electron chi connectivity index (χ1n) is 11.1. The molecule has 0 saturated carbocycles. The highest BCUT2D eigenvalue weighted by Gasteiger charge is 2.58. The summed E-state index contributed by atoms with van der Waals surface area (Å²) in [4.78, 5) is 41.7. The number of phosphoric ester groups is 1. The summed E-state index contributed by atoms with van der Waals surface area (Å²) in [6.07, 6.45) is -0.503. The van der Waals surface area contributed by atoms with Crippen molar-refractivity contribution in [2.45, 2.75) is 50.2 Å². The monoisotopic (exact) mass is 509 g/mol. The molecule has 35 heavy (non-hydrogen) atoms. The molecule has 0 unspecified atom stereocenters. The van der Waals surface area contributed by atoms with Gasteiger partial charge in [-0.05, 0) is 12.0 Å². The fourth-order valence-corrected chi connectivity index (χ4v) is 4.60. The molecule has 1 fully saturated rings. The summed E-state index contributed by atoms with van der Waals surface area (Å²) in [5.74, 6) is -0.137. The molecule has 190 valence electrons. The van der Waals surface area contributed by atoms with E-state index in [1.165, 1.54) is 10.9 Å². The minimum atomic E-state index is -4.84. The van der Waals surface area contributed by atoms with Crippen LogP contribution in [0.1, 0.15) is 25.3 Å². The molecule has 1 aliphatic heterocycles. The summed E-state index contributed by atoms with van der Waals surface area (Å²) in [6, 6.07) is 9.23. The maximum Gasteiger partial charge on any atom is 0.469 e.